The van der Waals surface area contributed by atoms with E-state index in [0.717, 1.165) is 70.3 Å². The Balaban J connectivity index is 0.00000121. The molecule has 1 aliphatic rings. The van der Waals surface area contributed by atoms with Gasteiger partial charge in [0.25, 0.3) is 0 Å². The van der Waals surface area contributed by atoms with Crippen LogP contribution in [0.25, 0.3) is 0 Å². The van der Waals surface area contributed by atoms with Gasteiger partial charge < -0.3 is 19.1 Å². The minimum Gasteiger partial charge on any atom is -0.554 e. The summed E-state index contributed by atoms with van der Waals surface area (Å²) in [5.74, 6) is 0. The Kier molecular flexibility index (Phi) is 12.3. The Labute approximate surface area is 245 Å². The summed E-state index contributed by atoms with van der Waals surface area (Å²) in [5.41, 5.74) is 4.07. The summed E-state index contributed by atoms with van der Waals surface area (Å²) in [6.07, 6.45) is 1.48. The minimum atomic E-state index is -0.500. The van der Waals surface area contributed by atoms with E-state index in [0.29, 0.717) is 6.17 Å². The third kappa shape index (κ3) is 9.01. The molecule has 0 amide bonds. The molecule has 198 valence electrons. The molecule has 1 heterocycles. The maximum Gasteiger partial charge on any atom is 0.146 e. The normalized spacial score (nSPS) is 15.5. The van der Waals surface area contributed by atoms with Crippen molar-refractivity contribution in [2.45, 2.75) is 39.1 Å². The number of rotatable bonds is 9. The molecule has 0 aliphatic carbocycles. The van der Waals surface area contributed by atoms with Gasteiger partial charge in [-0.2, -0.15) is 0 Å². The third-order valence-corrected chi connectivity index (χ3v) is 8.38. The number of benzene rings is 3. The first-order chi connectivity index (χ1) is 17.9. The topological polar surface area (TPSA) is 52.6 Å². The average molecular weight is 697 g/mol. The number of hydrogen-bond donors (Lipinski definition) is 0. The van der Waals surface area contributed by atoms with Crippen molar-refractivity contribution in [3.05, 3.63) is 103 Å². The van der Waals surface area contributed by atoms with Crippen molar-refractivity contribution in [2.75, 3.05) is 26.3 Å². The lowest BCUT2D eigenvalue weighted by molar-refractivity contribution is -0.981. The Morgan fingerprint density at radius 1 is 0.811 bits per heavy atom. The zero-order valence-electron chi connectivity index (χ0n) is 21.0. The lowest BCUT2D eigenvalue weighted by atomic mass is 10.1. The predicted octanol–water partition coefficient (Wildman–Crippen LogP) is 6.13. The lowest BCUT2D eigenvalue weighted by Gasteiger charge is -2.50. The number of morpholine rings is 1. The first-order valence-electron chi connectivity index (χ1n) is 12.4. The van der Waals surface area contributed by atoms with Gasteiger partial charge >= 0.3 is 0 Å². The highest BCUT2D eigenvalue weighted by atomic mass is 79.9. The Bertz CT molecular complexity index is 1040. The van der Waals surface area contributed by atoms with Crippen LogP contribution >= 0.6 is 47.8 Å². The van der Waals surface area contributed by atoms with Gasteiger partial charge in [-0.25, -0.2) is 4.90 Å². The number of carboxylic acid groups (broad SMARTS) is 1. The fourth-order valence-corrected chi connectivity index (χ4v) is 5.92. The second-order valence-corrected chi connectivity index (χ2v) is 12.0. The van der Waals surface area contributed by atoms with Gasteiger partial charge in [0, 0.05) is 45.0 Å². The van der Waals surface area contributed by atoms with E-state index in [1.54, 1.807) is 0 Å². The largest absolute Gasteiger partial charge is 0.554 e. The fraction of sp³-hybridized carbons (Fsp3) is 0.345. The Hall–Kier alpha value is -1.55. The van der Waals surface area contributed by atoms with Gasteiger partial charge in [0.1, 0.15) is 25.8 Å². The van der Waals surface area contributed by atoms with E-state index in [2.05, 4.69) is 132 Å². The van der Waals surface area contributed by atoms with Crippen LogP contribution in [0.4, 0.5) is 0 Å². The maximum atomic E-state index is 8.25. The van der Waals surface area contributed by atoms with Crippen molar-refractivity contribution in [2.24, 2.45) is 0 Å². The molecule has 8 heteroatoms. The molecule has 0 spiro atoms. The third-order valence-electron chi connectivity index (χ3n) is 6.79. The fourth-order valence-electron chi connectivity index (χ4n) is 5.13. The maximum absolute atomic E-state index is 8.25. The molecule has 37 heavy (non-hydrogen) atoms. The molecular weight excluding hydrogens is 664 g/mol. The summed E-state index contributed by atoms with van der Waals surface area (Å²) in [7, 11) is 0. The van der Waals surface area contributed by atoms with Crippen LogP contribution in [0.1, 0.15) is 30.0 Å². The van der Waals surface area contributed by atoms with E-state index in [-0.39, 0.29) is 0 Å². The lowest BCUT2D eigenvalue weighted by Crippen LogP contribution is -2.65. The van der Waals surface area contributed by atoms with Gasteiger partial charge in [-0.05, 0) is 47.5 Å². The zero-order chi connectivity index (χ0) is 26.7. The molecule has 3 aromatic rings. The van der Waals surface area contributed by atoms with Crippen molar-refractivity contribution in [3.63, 3.8) is 0 Å². The molecule has 5 nitrogen and oxygen atoms in total. The molecule has 0 bridgehead atoms. The standard InChI is InChI=1S/C28H32Br3N2O.CH2O2/c1-2-28(33(15-17-34-18-16-33)21-24-7-13-27(31)14-8-24)32(19-22-3-9-25(29)10-4-22)20-23-5-11-26(30)12-6-23;2-1-3/h3-14,28H,2,15-21H2,1H3;1H,(H,2,3)/q+1;/p-1. The van der Waals surface area contributed by atoms with Crippen LogP contribution in [0.2, 0.25) is 0 Å². The van der Waals surface area contributed by atoms with Crippen LogP contribution in [-0.2, 0) is 29.2 Å². The molecule has 3 aromatic carbocycles. The molecule has 4 rings (SSSR count). The molecule has 1 atom stereocenters. The number of carbonyl (C=O) groups is 1. The monoisotopic (exact) mass is 694 g/mol. The van der Waals surface area contributed by atoms with Gasteiger partial charge in [-0.3, -0.25) is 0 Å². The molecule has 1 fully saturated rings. The molecule has 0 radical (unpaired) electrons. The van der Waals surface area contributed by atoms with Gasteiger partial charge in [-0.15, -0.1) is 0 Å². The highest BCUT2D eigenvalue weighted by molar-refractivity contribution is 9.11. The number of hydrogen-bond acceptors (Lipinski definition) is 4. The van der Waals surface area contributed by atoms with Crippen LogP contribution in [-0.4, -0.2) is 48.3 Å². The first-order valence-corrected chi connectivity index (χ1v) is 14.7. The molecule has 1 aliphatic heterocycles. The molecule has 1 unspecified atom stereocenters. The van der Waals surface area contributed by atoms with Crippen LogP contribution in [0, 0.1) is 0 Å². The Morgan fingerprint density at radius 2 is 1.19 bits per heavy atom. The summed E-state index contributed by atoms with van der Waals surface area (Å²) in [6, 6.07) is 26.4. The summed E-state index contributed by atoms with van der Waals surface area (Å²) < 4.78 is 10.3. The quantitative estimate of drug-likeness (QED) is 0.200. The van der Waals surface area contributed by atoms with E-state index in [1.165, 1.54) is 16.7 Å². The predicted molar refractivity (Wildman–Crippen MR) is 156 cm³/mol. The van der Waals surface area contributed by atoms with Crippen LogP contribution in [0.15, 0.2) is 86.2 Å². The molecule has 0 N–H and O–H groups in total. The second kappa shape index (κ2) is 15.1. The molecular formula is C29H33Br3N2O3. The van der Waals surface area contributed by atoms with Crippen molar-refractivity contribution >= 4 is 54.3 Å². The van der Waals surface area contributed by atoms with Crippen LogP contribution < -0.4 is 5.11 Å². The number of nitrogens with zero attached hydrogens (tertiary/aromatic N) is 2. The SMILES string of the molecule is CCC(N(Cc1ccc(Br)cc1)Cc1ccc(Br)cc1)[N+]1(Cc2ccc(Br)cc2)CCOCC1.O=C[O-]. The van der Waals surface area contributed by atoms with E-state index < -0.39 is 6.47 Å². The smallest absolute Gasteiger partial charge is 0.146 e. The summed E-state index contributed by atoms with van der Waals surface area (Å²) >= 11 is 10.8. The summed E-state index contributed by atoms with van der Waals surface area (Å²) in [6.45, 7) is 8.41. The number of quaternary nitrogens is 1. The molecule has 1 saturated heterocycles. The highest BCUT2D eigenvalue weighted by Gasteiger charge is 2.41. The Morgan fingerprint density at radius 3 is 1.57 bits per heavy atom. The van der Waals surface area contributed by atoms with Gasteiger partial charge in [0.15, 0.2) is 0 Å². The zero-order valence-corrected chi connectivity index (χ0v) is 25.8. The van der Waals surface area contributed by atoms with Gasteiger partial charge in [0.2, 0.25) is 0 Å². The average Bonchev–Trinajstić information content (AvgIpc) is 2.89. The molecule has 0 saturated carbocycles. The van der Waals surface area contributed by atoms with E-state index in [9.17, 15) is 0 Å². The van der Waals surface area contributed by atoms with E-state index >= 15 is 0 Å². The van der Waals surface area contributed by atoms with Crippen molar-refractivity contribution < 1.29 is 19.1 Å². The highest BCUT2D eigenvalue weighted by Crippen LogP contribution is 2.30. The number of halogens is 3. The second-order valence-electron chi connectivity index (χ2n) is 9.21. The number of ether oxygens (including phenoxy) is 1. The summed E-state index contributed by atoms with van der Waals surface area (Å²) in [5, 5.41) is 8.25. The van der Waals surface area contributed by atoms with Gasteiger partial charge in [0.05, 0.1) is 13.2 Å². The van der Waals surface area contributed by atoms with Crippen molar-refractivity contribution in [3.8, 4) is 0 Å². The van der Waals surface area contributed by atoms with Gasteiger partial charge in [-0.1, -0.05) is 91.1 Å². The van der Waals surface area contributed by atoms with Crippen LogP contribution in [0.5, 0.6) is 0 Å². The van der Waals surface area contributed by atoms with Crippen LogP contribution in [0.3, 0.4) is 0 Å². The van der Waals surface area contributed by atoms with Crippen molar-refractivity contribution in [1.82, 2.24) is 4.90 Å². The number of carbonyl (C=O) groups excluding carboxylic acids is 1. The van der Waals surface area contributed by atoms with E-state index in [4.69, 9.17) is 14.6 Å². The summed E-state index contributed by atoms with van der Waals surface area (Å²) in [4.78, 5) is 10.9. The van der Waals surface area contributed by atoms with E-state index in [1.807, 2.05) is 0 Å². The molecule has 0 aromatic heterocycles. The first kappa shape index (κ1) is 30.0. The van der Waals surface area contributed by atoms with Crippen molar-refractivity contribution in [1.29, 1.82) is 0 Å². The minimum absolute atomic E-state index is 0.389.